The van der Waals surface area contributed by atoms with E-state index in [1.807, 2.05) is 19.9 Å². The third-order valence-electron chi connectivity index (χ3n) is 1.50. The third kappa shape index (κ3) is 1.13. The molecule has 1 heterocycles. The second kappa shape index (κ2) is 2.23. The van der Waals surface area contributed by atoms with E-state index in [4.69, 9.17) is 5.11 Å². The number of aliphatic hydroxyl groups is 1. The zero-order chi connectivity index (χ0) is 6.85. The molecule has 1 aromatic rings. The predicted molar refractivity (Wildman–Crippen MR) is 36.2 cm³/mol. The van der Waals surface area contributed by atoms with Crippen LogP contribution in [0.4, 0.5) is 0 Å². The Morgan fingerprint density at radius 1 is 1.56 bits per heavy atom. The monoisotopic (exact) mass is 125 g/mol. The van der Waals surface area contributed by atoms with Crippen LogP contribution in [0.5, 0.6) is 0 Å². The maximum atomic E-state index is 8.64. The van der Waals surface area contributed by atoms with Gasteiger partial charge in [0.15, 0.2) is 0 Å². The van der Waals surface area contributed by atoms with E-state index in [0.29, 0.717) is 0 Å². The van der Waals surface area contributed by atoms with Crippen molar-refractivity contribution in [2.24, 2.45) is 0 Å². The van der Waals surface area contributed by atoms with Crippen molar-refractivity contribution < 1.29 is 5.11 Å². The first-order valence-electron chi connectivity index (χ1n) is 3.00. The van der Waals surface area contributed by atoms with Gasteiger partial charge in [0.05, 0.1) is 6.61 Å². The van der Waals surface area contributed by atoms with Crippen molar-refractivity contribution in [1.29, 1.82) is 0 Å². The van der Waals surface area contributed by atoms with E-state index in [1.165, 1.54) is 5.56 Å². The molecule has 2 heteroatoms. The van der Waals surface area contributed by atoms with Crippen LogP contribution < -0.4 is 0 Å². The minimum Gasteiger partial charge on any atom is -0.390 e. The Kier molecular flexibility index (Phi) is 1.58. The lowest BCUT2D eigenvalue weighted by Crippen LogP contribution is -1.80. The molecule has 0 aromatic carbocycles. The first-order chi connectivity index (χ1) is 4.24. The quantitative estimate of drug-likeness (QED) is 0.579. The van der Waals surface area contributed by atoms with Crippen LogP contribution in [0.25, 0.3) is 0 Å². The van der Waals surface area contributed by atoms with E-state index in [1.54, 1.807) is 0 Å². The van der Waals surface area contributed by atoms with Gasteiger partial charge < -0.3 is 10.1 Å². The van der Waals surface area contributed by atoms with E-state index in [-0.39, 0.29) is 6.61 Å². The summed E-state index contributed by atoms with van der Waals surface area (Å²) in [5.74, 6) is 0. The molecule has 0 bridgehead atoms. The highest BCUT2D eigenvalue weighted by Gasteiger charge is 1.96. The SMILES string of the molecule is Cc1cc(CO)[nH]c1C. The molecule has 0 amide bonds. The molecule has 0 aliphatic rings. The molecular weight excluding hydrogens is 114 g/mol. The number of H-pyrrole nitrogens is 1. The smallest absolute Gasteiger partial charge is 0.0830 e. The number of aromatic nitrogens is 1. The van der Waals surface area contributed by atoms with Gasteiger partial charge in [0.2, 0.25) is 0 Å². The first-order valence-corrected chi connectivity index (χ1v) is 3.00. The highest BCUT2D eigenvalue weighted by Crippen LogP contribution is 2.06. The lowest BCUT2D eigenvalue weighted by atomic mass is 10.3. The van der Waals surface area contributed by atoms with Crippen molar-refractivity contribution >= 4 is 0 Å². The van der Waals surface area contributed by atoms with E-state index < -0.39 is 0 Å². The molecule has 1 rings (SSSR count). The number of nitrogens with one attached hydrogen (secondary N) is 1. The summed E-state index contributed by atoms with van der Waals surface area (Å²) in [6, 6.07) is 1.95. The molecule has 0 aliphatic carbocycles. The van der Waals surface area contributed by atoms with Crippen molar-refractivity contribution in [3.63, 3.8) is 0 Å². The molecule has 1 aromatic heterocycles. The van der Waals surface area contributed by atoms with Crippen molar-refractivity contribution in [1.82, 2.24) is 4.98 Å². The molecule has 0 unspecified atom stereocenters. The van der Waals surface area contributed by atoms with Crippen LogP contribution >= 0.6 is 0 Å². The summed E-state index contributed by atoms with van der Waals surface area (Å²) in [6.07, 6.45) is 0. The Labute approximate surface area is 54.5 Å². The van der Waals surface area contributed by atoms with Gasteiger partial charge in [0.25, 0.3) is 0 Å². The fourth-order valence-electron chi connectivity index (χ4n) is 0.830. The van der Waals surface area contributed by atoms with Crippen LogP contribution in [0.3, 0.4) is 0 Å². The standard InChI is InChI=1S/C7H11NO/c1-5-3-7(4-9)8-6(5)2/h3,8-9H,4H2,1-2H3. The number of hydrogen-bond donors (Lipinski definition) is 2. The number of hydrogen-bond acceptors (Lipinski definition) is 1. The average molecular weight is 125 g/mol. The highest BCUT2D eigenvalue weighted by molar-refractivity contribution is 5.22. The van der Waals surface area contributed by atoms with E-state index in [0.717, 1.165) is 11.4 Å². The molecule has 0 atom stereocenters. The Morgan fingerprint density at radius 2 is 2.22 bits per heavy atom. The van der Waals surface area contributed by atoms with Crippen molar-refractivity contribution in [2.45, 2.75) is 20.5 Å². The maximum absolute atomic E-state index is 8.64. The fourth-order valence-corrected chi connectivity index (χ4v) is 0.830. The Bertz CT molecular complexity index is 183. The molecule has 0 radical (unpaired) electrons. The second-order valence-electron chi connectivity index (χ2n) is 2.26. The number of rotatable bonds is 1. The summed E-state index contributed by atoms with van der Waals surface area (Å²) in [5, 5.41) is 8.64. The third-order valence-corrected chi connectivity index (χ3v) is 1.50. The van der Waals surface area contributed by atoms with Gasteiger partial charge in [-0.25, -0.2) is 0 Å². The van der Waals surface area contributed by atoms with Gasteiger partial charge in [-0.2, -0.15) is 0 Å². The second-order valence-corrected chi connectivity index (χ2v) is 2.26. The number of aliphatic hydroxyl groups excluding tert-OH is 1. The summed E-state index contributed by atoms with van der Waals surface area (Å²) >= 11 is 0. The molecule has 0 saturated carbocycles. The van der Waals surface area contributed by atoms with Gasteiger partial charge in [-0.05, 0) is 25.5 Å². The highest BCUT2D eigenvalue weighted by atomic mass is 16.3. The summed E-state index contributed by atoms with van der Waals surface area (Å²) in [7, 11) is 0. The molecule has 50 valence electrons. The molecule has 2 N–H and O–H groups in total. The minimum atomic E-state index is 0.106. The average Bonchev–Trinajstić information content (AvgIpc) is 2.13. The van der Waals surface area contributed by atoms with Crippen molar-refractivity contribution in [2.75, 3.05) is 0 Å². The topological polar surface area (TPSA) is 36.0 Å². The van der Waals surface area contributed by atoms with Gasteiger partial charge in [-0.1, -0.05) is 0 Å². The molecule has 2 nitrogen and oxygen atoms in total. The van der Waals surface area contributed by atoms with Crippen molar-refractivity contribution in [3.8, 4) is 0 Å². The van der Waals surface area contributed by atoms with E-state index in [2.05, 4.69) is 4.98 Å². The molecule has 9 heavy (non-hydrogen) atoms. The van der Waals surface area contributed by atoms with Gasteiger partial charge in [-0.15, -0.1) is 0 Å². The lowest BCUT2D eigenvalue weighted by molar-refractivity contribution is 0.277. The van der Waals surface area contributed by atoms with Crippen molar-refractivity contribution in [3.05, 3.63) is 23.0 Å². The Morgan fingerprint density at radius 3 is 2.44 bits per heavy atom. The molecule has 0 fully saturated rings. The summed E-state index contributed by atoms with van der Waals surface area (Å²) < 4.78 is 0. The minimum absolute atomic E-state index is 0.106. The molecule has 0 saturated heterocycles. The number of aryl methyl sites for hydroxylation is 2. The maximum Gasteiger partial charge on any atom is 0.0830 e. The largest absolute Gasteiger partial charge is 0.390 e. The summed E-state index contributed by atoms with van der Waals surface area (Å²) in [5.41, 5.74) is 3.24. The summed E-state index contributed by atoms with van der Waals surface area (Å²) in [6.45, 7) is 4.12. The normalized spacial score (nSPS) is 10.1. The zero-order valence-corrected chi connectivity index (χ0v) is 5.73. The van der Waals surface area contributed by atoms with Gasteiger partial charge in [0.1, 0.15) is 0 Å². The fraction of sp³-hybridized carbons (Fsp3) is 0.429. The van der Waals surface area contributed by atoms with Crippen LogP contribution in [-0.4, -0.2) is 10.1 Å². The van der Waals surface area contributed by atoms with Crippen LogP contribution in [0.2, 0.25) is 0 Å². The van der Waals surface area contributed by atoms with Crippen LogP contribution in [0, 0.1) is 13.8 Å². The Hall–Kier alpha value is -0.760. The van der Waals surface area contributed by atoms with E-state index in [9.17, 15) is 0 Å². The zero-order valence-electron chi connectivity index (χ0n) is 5.73. The lowest BCUT2D eigenvalue weighted by Gasteiger charge is -1.84. The van der Waals surface area contributed by atoms with Gasteiger partial charge in [-0.3, -0.25) is 0 Å². The first kappa shape index (κ1) is 6.36. The molecular formula is C7H11NO. The Balaban J connectivity index is 2.98. The van der Waals surface area contributed by atoms with Crippen LogP contribution in [0.15, 0.2) is 6.07 Å². The van der Waals surface area contributed by atoms with Crippen LogP contribution in [-0.2, 0) is 6.61 Å². The summed E-state index contributed by atoms with van der Waals surface area (Å²) in [4.78, 5) is 3.04. The predicted octanol–water partition coefficient (Wildman–Crippen LogP) is 1.12. The number of aromatic amines is 1. The van der Waals surface area contributed by atoms with Crippen LogP contribution in [0.1, 0.15) is 17.0 Å². The van der Waals surface area contributed by atoms with Gasteiger partial charge in [0, 0.05) is 11.4 Å². The molecule has 0 aliphatic heterocycles. The van der Waals surface area contributed by atoms with E-state index >= 15 is 0 Å². The molecule has 0 spiro atoms. The van der Waals surface area contributed by atoms with Gasteiger partial charge >= 0.3 is 0 Å².